The van der Waals surface area contributed by atoms with E-state index in [1.807, 2.05) is 36.4 Å². The van der Waals surface area contributed by atoms with Crippen LogP contribution in [0.2, 0.25) is 0 Å². The quantitative estimate of drug-likeness (QED) is 0.757. The van der Waals surface area contributed by atoms with Crippen molar-refractivity contribution in [2.75, 3.05) is 0 Å². The van der Waals surface area contributed by atoms with Crippen LogP contribution in [0.3, 0.4) is 0 Å². The monoisotopic (exact) mass is 226 g/mol. The molecule has 0 saturated heterocycles. The number of hydrogen-bond acceptors (Lipinski definition) is 1. The molecule has 88 valence electrons. The normalized spacial score (nSPS) is 11.2. The van der Waals surface area contributed by atoms with E-state index in [4.69, 9.17) is 4.74 Å². The lowest BCUT2D eigenvalue weighted by Gasteiger charge is -2.27. The SMILES string of the molecule is Cc1ccccc1OC(C)(C)c1ccccc1. The zero-order chi connectivity index (χ0) is 12.3. The summed E-state index contributed by atoms with van der Waals surface area (Å²) < 4.78 is 6.12. The van der Waals surface area contributed by atoms with E-state index >= 15 is 0 Å². The highest BCUT2D eigenvalue weighted by Crippen LogP contribution is 2.29. The Hall–Kier alpha value is -1.76. The van der Waals surface area contributed by atoms with Crippen molar-refractivity contribution < 1.29 is 4.74 Å². The molecule has 0 aliphatic rings. The zero-order valence-electron chi connectivity index (χ0n) is 10.6. The lowest BCUT2D eigenvalue weighted by atomic mass is 9.98. The second-order valence-corrected chi connectivity index (χ2v) is 4.74. The van der Waals surface area contributed by atoms with Gasteiger partial charge >= 0.3 is 0 Å². The summed E-state index contributed by atoms with van der Waals surface area (Å²) in [7, 11) is 0. The van der Waals surface area contributed by atoms with Crippen LogP contribution >= 0.6 is 0 Å². The van der Waals surface area contributed by atoms with Gasteiger partial charge in [-0.25, -0.2) is 0 Å². The first-order valence-corrected chi connectivity index (χ1v) is 5.90. The molecule has 2 rings (SSSR count). The standard InChI is InChI=1S/C16H18O/c1-13-9-7-8-12-15(13)17-16(2,3)14-10-5-4-6-11-14/h4-12H,1-3H3. The molecule has 1 nitrogen and oxygen atoms in total. The highest BCUT2D eigenvalue weighted by atomic mass is 16.5. The molecule has 0 saturated carbocycles. The van der Waals surface area contributed by atoms with Gasteiger partial charge in [-0.3, -0.25) is 0 Å². The van der Waals surface area contributed by atoms with Gasteiger partial charge in [0, 0.05) is 0 Å². The molecule has 0 aliphatic heterocycles. The van der Waals surface area contributed by atoms with E-state index in [9.17, 15) is 0 Å². The van der Waals surface area contributed by atoms with Crippen LogP contribution in [0.1, 0.15) is 25.0 Å². The number of hydrogen-bond donors (Lipinski definition) is 0. The molecule has 0 fully saturated rings. The predicted molar refractivity (Wildman–Crippen MR) is 71.3 cm³/mol. The predicted octanol–water partition coefficient (Wildman–Crippen LogP) is 4.31. The van der Waals surface area contributed by atoms with Crippen LogP contribution in [0.4, 0.5) is 0 Å². The van der Waals surface area contributed by atoms with Crippen LogP contribution in [-0.4, -0.2) is 0 Å². The van der Waals surface area contributed by atoms with Crippen LogP contribution in [0.5, 0.6) is 5.75 Å². The summed E-state index contributed by atoms with van der Waals surface area (Å²) in [5.41, 5.74) is 2.03. The second-order valence-electron chi connectivity index (χ2n) is 4.74. The molecule has 0 amide bonds. The molecule has 0 aliphatic carbocycles. The third-order valence-electron chi connectivity index (χ3n) is 2.93. The topological polar surface area (TPSA) is 9.23 Å². The Kier molecular flexibility index (Phi) is 3.19. The Labute approximate surface area is 103 Å². The van der Waals surface area contributed by atoms with Gasteiger partial charge < -0.3 is 4.74 Å². The first kappa shape index (κ1) is 11.7. The number of para-hydroxylation sites is 1. The molecule has 0 spiro atoms. The molecule has 0 unspecified atom stereocenters. The molecular formula is C16H18O. The minimum atomic E-state index is -0.312. The lowest BCUT2D eigenvalue weighted by Crippen LogP contribution is -2.25. The second kappa shape index (κ2) is 4.62. The van der Waals surface area contributed by atoms with Gasteiger partial charge in [0.2, 0.25) is 0 Å². The van der Waals surface area contributed by atoms with Crippen molar-refractivity contribution in [2.45, 2.75) is 26.4 Å². The average Bonchev–Trinajstić information content (AvgIpc) is 2.33. The van der Waals surface area contributed by atoms with Crippen molar-refractivity contribution in [1.82, 2.24) is 0 Å². The summed E-state index contributed by atoms with van der Waals surface area (Å²) in [6.45, 7) is 6.25. The van der Waals surface area contributed by atoms with Gasteiger partial charge in [-0.15, -0.1) is 0 Å². The van der Waals surface area contributed by atoms with E-state index in [-0.39, 0.29) is 5.60 Å². The Balaban J connectivity index is 2.27. The molecule has 2 aromatic carbocycles. The van der Waals surface area contributed by atoms with Crippen LogP contribution in [0.15, 0.2) is 54.6 Å². The van der Waals surface area contributed by atoms with Gasteiger partial charge in [0.15, 0.2) is 0 Å². The number of ether oxygens (including phenoxy) is 1. The first-order chi connectivity index (χ1) is 8.09. The fraction of sp³-hybridized carbons (Fsp3) is 0.250. The van der Waals surface area contributed by atoms with E-state index in [2.05, 4.69) is 39.0 Å². The Morgan fingerprint density at radius 1 is 0.824 bits per heavy atom. The third-order valence-corrected chi connectivity index (χ3v) is 2.93. The maximum atomic E-state index is 6.12. The molecule has 0 heterocycles. The number of rotatable bonds is 3. The highest BCUT2D eigenvalue weighted by Gasteiger charge is 2.22. The Morgan fingerprint density at radius 3 is 2.06 bits per heavy atom. The summed E-state index contributed by atoms with van der Waals surface area (Å²) >= 11 is 0. The summed E-state index contributed by atoms with van der Waals surface area (Å²) in [4.78, 5) is 0. The van der Waals surface area contributed by atoms with E-state index in [0.717, 1.165) is 11.3 Å². The molecule has 0 N–H and O–H groups in total. The summed E-state index contributed by atoms with van der Waals surface area (Å²) in [5.74, 6) is 0.946. The Morgan fingerprint density at radius 2 is 1.41 bits per heavy atom. The smallest absolute Gasteiger partial charge is 0.128 e. The van der Waals surface area contributed by atoms with E-state index in [0.29, 0.717) is 0 Å². The van der Waals surface area contributed by atoms with Crippen molar-refractivity contribution >= 4 is 0 Å². The maximum absolute atomic E-state index is 6.12. The third kappa shape index (κ3) is 2.68. The first-order valence-electron chi connectivity index (χ1n) is 5.90. The zero-order valence-corrected chi connectivity index (χ0v) is 10.6. The van der Waals surface area contributed by atoms with Crippen molar-refractivity contribution in [3.8, 4) is 5.75 Å². The molecule has 2 aromatic rings. The number of aryl methyl sites for hydroxylation is 1. The van der Waals surface area contributed by atoms with E-state index in [1.165, 1.54) is 5.56 Å². The summed E-state index contributed by atoms with van der Waals surface area (Å²) in [6, 6.07) is 18.4. The van der Waals surface area contributed by atoms with Crippen molar-refractivity contribution in [2.24, 2.45) is 0 Å². The van der Waals surface area contributed by atoms with E-state index in [1.54, 1.807) is 0 Å². The number of benzene rings is 2. The lowest BCUT2D eigenvalue weighted by molar-refractivity contribution is 0.108. The minimum Gasteiger partial charge on any atom is -0.483 e. The largest absolute Gasteiger partial charge is 0.483 e. The van der Waals surface area contributed by atoms with Gasteiger partial charge in [0.25, 0.3) is 0 Å². The molecule has 0 atom stereocenters. The Bertz CT molecular complexity index is 486. The molecule has 0 aromatic heterocycles. The molecule has 17 heavy (non-hydrogen) atoms. The van der Waals surface area contributed by atoms with Crippen molar-refractivity contribution in [3.63, 3.8) is 0 Å². The summed E-state index contributed by atoms with van der Waals surface area (Å²) in [5, 5.41) is 0. The molecule has 1 heteroatoms. The minimum absolute atomic E-state index is 0.312. The summed E-state index contributed by atoms with van der Waals surface area (Å²) in [6.07, 6.45) is 0. The van der Waals surface area contributed by atoms with Crippen LogP contribution < -0.4 is 4.74 Å². The van der Waals surface area contributed by atoms with Gasteiger partial charge in [-0.1, -0.05) is 48.5 Å². The van der Waals surface area contributed by atoms with E-state index < -0.39 is 0 Å². The van der Waals surface area contributed by atoms with Gasteiger partial charge in [-0.2, -0.15) is 0 Å². The highest BCUT2D eigenvalue weighted by molar-refractivity contribution is 5.33. The van der Waals surface area contributed by atoms with Gasteiger partial charge in [0.1, 0.15) is 11.4 Å². The van der Waals surface area contributed by atoms with Crippen molar-refractivity contribution in [3.05, 3.63) is 65.7 Å². The van der Waals surface area contributed by atoms with Crippen LogP contribution in [-0.2, 0) is 5.60 Å². The van der Waals surface area contributed by atoms with Gasteiger partial charge in [-0.05, 0) is 38.0 Å². The maximum Gasteiger partial charge on any atom is 0.128 e. The molecular weight excluding hydrogens is 208 g/mol. The molecule has 0 radical (unpaired) electrons. The van der Waals surface area contributed by atoms with Gasteiger partial charge in [0.05, 0.1) is 0 Å². The fourth-order valence-electron chi connectivity index (χ4n) is 1.84. The molecule has 0 bridgehead atoms. The van der Waals surface area contributed by atoms with Crippen LogP contribution in [0.25, 0.3) is 0 Å². The fourth-order valence-corrected chi connectivity index (χ4v) is 1.84. The van der Waals surface area contributed by atoms with Crippen LogP contribution in [0, 0.1) is 6.92 Å². The van der Waals surface area contributed by atoms with Crippen molar-refractivity contribution in [1.29, 1.82) is 0 Å². The average molecular weight is 226 g/mol.